The third kappa shape index (κ3) is 5.75. The number of carbonyl (C=O) groups is 4. The lowest BCUT2D eigenvalue weighted by Gasteiger charge is -2.22. The standard InChI is InChI=1S/C36H26N2O5S/c1-43-25-19-17-23(18-20-25)35(41)37-24-11-7-12-26(21-24)44-34(22-9-3-2-4-10-22)36(42)38-30-16-8-15-29-31(30)33(40)28-14-6-5-13-27(28)32(29)39/h2-21,34H,1H3,(H,37,41)(H,38,42). The normalized spacial score (nSPS) is 12.5. The molecule has 2 N–H and O–H groups in total. The fourth-order valence-corrected chi connectivity index (χ4v) is 6.16. The summed E-state index contributed by atoms with van der Waals surface area (Å²) in [5.41, 5.74) is 3.19. The van der Waals surface area contributed by atoms with Crippen molar-refractivity contribution in [3.63, 3.8) is 0 Å². The second-order valence-corrected chi connectivity index (χ2v) is 11.2. The highest BCUT2D eigenvalue weighted by molar-refractivity contribution is 8.00. The Bertz CT molecular complexity index is 1900. The van der Waals surface area contributed by atoms with Gasteiger partial charge in [-0.15, -0.1) is 11.8 Å². The lowest BCUT2D eigenvalue weighted by Crippen LogP contribution is -2.25. The van der Waals surface area contributed by atoms with E-state index in [1.807, 2.05) is 36.4 Å². The maximum atomic E-state index is 13.9. The zero-order valence-electron chi connectivity index (χ0n) is 23.6. The van der Waals surface area contributed by atoms with Crippen molar-refractivity contribution in [3.05, 3.63) is 155 Å². The van der Waals surface area contributed by atoms with Gasteiger partial charge in [-0.05, 0) is 54.1 Å². The molecule has 44 heavy (non-hydrogen) atoms. The molecule has 0 bridgehead atoms. The van der Waals surface area contributed by atoms with Crippen molar-refractivity contribution < 1.29 is 23.9 Å². The van der Waals surface area contributed by atoms with E-state index >= 15 is 0 Å². The number of ether oxygens (including phenoxy) is 1. The first-order valence-corrected chi connectivity index (χ1v) is 14.7. The molecule has 1 atom stereocenters. The highest BCUT2D eigenvalue weighted by atomic mass is 32.2. The van der Waals surface area contributed by atoms with Crippen LogP contribution in [0.5, 0.6) is 5.75 Å². The van der Waals surface area contributed by atoms with Crippen LogP contribution in [-0.2, 0) is 4.79 Å². The van der Waals surface area contributed by atoms with E-state index in [4.69, 9.17) is 4.74 Å². The minimum atomic E-state index is -0.707. The van der Waals surface area contributed by atoms with Gasteiger partial charge in [0.15, 0.2) is 11.6 Å². The van der Waals surface area contributed by atoms with E-state index in [1.54, 1.807) is 92.0 Å². The Morgan fingerprint density at radius 2 is 1.34 bits per heavy atom. The van der Waals surface area contributed by atoms with Crippen LogP contribution < -0.4 is 15.4 Å². The third-order valence-electron chi connectivity index (χ3n) is 7.25. The Labute approximate surface area is 258 Å². The van der Waals surface area contributed by atoms with Crippen LogP contribution >= 0.6 is 11.8 Å². The minimum absolute atomic E-state index is 0.185. The molecule has 2 amide bonds. The van der Waals surface area contributed by atoms with Crippen molar-refractivity contribution in [2.45, 2.75) is 10.1 Å². The molecule has 0 saturated heterocycles. The van der Waals surface area contributed by atoms with Crippen LogP contribution in [0.25, 0.3) is 0 Å². The topological polar surface area (TPSA) is 102 Å². The highest BCUT2D eigenvalue weighted by Gasteiger charge is 2.32. The van der Waals surface area contributed by atoms with Gasteiger partial charge in [0.25, 0.3) is 5.91 Å². The minimum Gasteiger partial charge on any atom is -0.497 e. The lowest BCUT2D eigenvalue weighted by molar-refractivity contribution is -0.115. The summed E-state index contributed by atoms with van der Waals surface area (Å²) in [5, 5.41) is 5.13. The van der Waals surface area contributed by atoms with E-state index in [-0.39, 0.29) is 40.2 Å². The molecule has 216 valence electrons. The van der Waals surface area contributed by atoms with Crippen molar-refractivity contribution in [1.82, 2.24) is 0 Å². The molecular weight excluding hydrogens is 572 g/mol. The Hall–Kier alpha value is -5.47. The number of amides is 2. The number of carbonyl (C=O) groups excluding carboxylic acids is 4. The molecule has 7 nitrogen and oxygen atoms in total. The maximum Gasteiger partial charge on any atom is 0.255 e. The van der Waals surface area contributed by atoms with Crippen molar-refractivity contribution in [3.8, 4) is 5.75 Å². The van der Waals surface area contributed by atoms with Crippen LogP contribution in [0, 0.1) is 0 Å². The summed E-state index contributed by atoms with van der Waals surface area (Å²) in [4.78, 5) is 54.2. The van der Waals surface area contributed by atoms with Gasteiger partial charge in [-0.25, -0.2) is 0 Å². The first kappa shape index (κ1) is 28.6. The smallest absolute Gasteiger partial charge is 0.255 e. The van der Waals surface area contributed by atoms with Gasteiger partial charge < -0.3 is 15.4 Å². The predicted octanol–water partition coefficient (Wildman–Crippen LogP) is 7.20. The van der Waals surface area contributed by atoms with Crippen molar-refractivity contribution >= 4 is 46.5 Å². The first-order valence-electron chi connectivity index (χ1n) is 13.8. The van der Waals surface area contributed by atoms with Crippen LogP contribution in [0.1, 0.15) is 53.0 Å². The Morgan fingerprint density at radius 3 is 2.07 bits per heavy atom. The number of fused-ring (bicyclic) bond motifs is 2. The molecule has 0 saturated carbocycles. The second kappa shape index (κ2) is 12.4. The third-order valence-corrected chi connectivity index (χ3v) is 8.50. The average molecular weight is 599 g/mol. The number of anilines is 2. The van der Waals surface area contributed by atoms with Crippen molar-refractivity contribution in [2.75, 3.05) is 17.7 Å². The number of hydrogen-bond acceptors (Lipinski definition) is 6. The van der Waals surface area contributed by atoms with Gasteiger partial charge >= 0.3 is 0 Å². The van der Waals surface area contributed by atoms with Crippen LogP contribution in [0.2, 0.25) is 0 Å². The molecule has 1 aliphatic rings. The molecule has 1 unspecified atom stereocenters. The van der Waals surface area contributed by atoms with Crippen LogP contribution in [-0.4, -0.2) is 30.5 Å². The maximum absolute atomic E-state index is 13.9. The average Bonchev–Trinajstić information content (AvgIpc) is 3.06. The number of rotatable bonds is 8. The molecule has 0 heterocycles. The van der Waals surface area contributed by atoms with E-state index < -0.39 is 5.25 Å². The molecule has 5 aromatic rings. The highest BCUT2D eigenvalue weighted by Crippen LogP contribution is 2.38. The lowest BCUT2D eigenvalue weighted by atomic mass is 9.83. The quantitative estimate of drug-likeness (QED) is 0.180. The molecule has 6 rings (SSSR count). The first-order chi connectivity index (χ1) is 21.4. The second-order valence-electron chi connectivity index (χ2n) is 10.0. The molecule has 8 heteroatoms. The Morgan fingerprint density at radius 1 is 0.682 bits per heavy atom. The summed E-state index contributed by atoms with van der Waals surface area (Å²) in [7, 11) is 1.56. The van der Waals surface area contributed by atoms with Gasteiger partial charge in [-0.2, -0.15) is 0 Å². The molecule has 0 radical (unpaired) electrons. The largest absolute Gasteiger partial charge is 0.497 e. The van der Waals surface area contributed by atoms with Crippen molar-refractivity contribution in [1.29, 1.82) is 0 Å². The van der Waals surface area contributed by atoms with E-state index in [9.17, 15) is 19.2 Å². The van der Waals surface area contributed by atoms with Crippen LogP contribution in [0.4, 0.5) is 11.4 Å². The van der Waals surface area contributed by atoms with Gasteiger partial charge in [0.05, 0.1) is 18.4 Å². The zero-order valence-corrected chi connectivity index (χ0v) is 24.4. The number of thioether (sulfide) groups is 1. The Balaban J connectivity index is 1.26. The van der Waals surface area contributed by atoms with E-state index in [2.05, 4.69) is 10.6 Å². The summed E-state index contributed by atoms with van der Waals surface area (Å²) in [6, 6.07) is 34.9. The molecule has 5 aromatic carbocycles. The van der Waals surface area contributed by atoms with Gasteiger partial charge in [-0.1, -0.05) is 72.8 Å². The number of ketones is 2. The van der Waals surface area contributed by atoms with E-state index in [0.29, 0.717) is 28.1 Å². The molecule has 0 fully saturated rings. The van der Waals surface area contributed by atoms with Gasteiger partial charge in [-0.3, -0.25) is 19.2 Å². The monoisotopic (exact) mass is 598 g/mol. The molecule has 0 aromatic heterocycles. The predicted molar refractivity (Wildman–Crippen MR) is 171 cm³/mol. The van der Waals surface area contributed by atoms with Crippen LogP contribution in [0.3, 0.4) is 0 Å². The fourth-order valence-electron chi connectivity index (χ4n) is 5.08. The summed E-state index contributed by atoms with van der Waals surface area (Å²) in [6.45, 7) is 0. The molecule has 1 aliphatic carbocycles. The van der Waals surface area contributed by atoms with E-state index in [0.717, 1.165) is 10.5 Å². The number of benzene rings is 5. The summed E-state index contributed by atoms with van der Waals surface area (Å²) in [5.74, 6) is -0.547. The van der Waals surface area contributed by atoms with Crippen molar-refractivity contribution in [2.24, 2.45) is 0 Å². The zero-order chi connectivity index (χ0) is 30.6. The van der Waals surface area contributed by atoms with E-state index in [1.165, 1.54) is 11.8 Å². The number of nitrogens with one attached hydrogen (secondary N) is 2. The van der Waals surface area contributed by atoms with Crippen LogP contribution in [0.15, 0.2) is 126 Å². The molecular formula is C36H26N2O5S. The van der Waals surface area contributed by atoms with Gasteiger partial charge in [0.1, 0.15) is 11.0 Å². The van der Waals surface area contributed by atoms with Gasteiger partial charge in [0.2, 0.25) is 5.91 Å². The fraction of sp³-hybridized carbons (Fsp3) is 0.0556. The SMILES string of the molecule is COc1ccc(C(=O)Nc2cccc(SC(C(=O)Nc3cccc4c3C(=O)c3ccccc3C4=O)c3ccccc3)c2)cc1. The Kier molecular flexibility index (Phi) is 8.08. The summed E-state index contributed by atoms with van der Waals surface area (Å²) >= 11 is 1.31. The molecule has 0 aliphatic heterocycles. The van der Waals surface area contributed by atoms with Gasteiger partial charge in [0, 0.05) is 32.8 Å². The number of hydrogen-bond donors (Lipinski definition) is 2. The number of methoxy groups -OCH3 is 1. The summed E-state index contributed by atoms with van der Waals surface area (Å²) < 4.78 is 5.17. The molecule has 0 spiro atoms. The summed E-state index contributed by atoms with van der Waals surface area (Å²) in [6.07, 6.45) is 0.